The van der Waals surface area contributed by atoms with Crippen LogP contribution < -0.4 is 5.73 Å². The smallest absolute Gasteiger partial charge is 0.251 e. The molecule has 92 valence electrons. The molecule has 0 aliphatic carbocycles. The lowest BCUT2D eigenvalue weighted by Crippen LogP contribution is -2.50. The Morgan fingerprint density at radius 1 is 1.44 bits per heavy atom. The summed E-state index contributed by atoms with van der Waals surface area (Å²) in [6.45, 7) is 4.36. The van der Waals surface area contributed by atoms with Gasteiger partial charge in [0.2, 0.25) is 0 Å². The van der Waals surface area contributed by atoms with Crippen molar-refractivity contribution in [3.63, 3.8) is 0 Å². The fraction of sp³-hybridized carbons (Fsp3) is 0.917. The summed E-state index contributed by atoms with van der Waals surface area (Å²) in [5.41, 5.74) is 5.70. The van der Waals surface area contributed by atoms with Crippen molar-refractivity contribution in [1.82, 2.24) is 4.90 Å². The first-order chi connectivity index (χ1) is 7.72. The molecule has 4 heteroatoms. The van der Waals surface area contributed by atoms with Gasteiger partial charge in [-0.05, 0) is 45.1 Å². The zero-order valence-electron chi connectivity index (χ0n) is 10.0. The highest BCUT2D eigenvalue weighted by atomic mass is 16.5. The van der Waals surface area contributed by atoms with E-state index in [0.717, 1.165) is 38.8 Å². The van der Waals surface area contributed by atoms with E-state index in [4.69, 9.17) is 10.5 Å². The summed E-state index contributed by atoms with van der Waals surface area (Å²) >= 11 is 0. The van der Waals surface area contributed by atoms with Crippen LogP contribution in [0.3, 0.4) is 0 Å². The van der Waals surface area contributed by atoms with Gasteiger partial charge < -0.3 is 15.4 Å². The molecule has 2 N–H and O–H groups in total. The van der Waals surface area contributed by atoms with Crippen LogP contribution in [0, 0.1) is 5.92 Å². The Labute approximate surface area is 97.1 Å². The van der Waals surface area contributed by atoms with Crippen LogP contribution in [0.4, 0.5) is 0 Å². The van der Waals surface area contributed by atoms with E-state index in [0.29, 0.717) is 18.5 Å². The molecule has 0 aromatic carbocycles. The van der Waals surface area contributed by atoms with Crippen LogP contribution in [0.5, 0.6) is 0 Å². The van der Waals surface area contributed by atoms with E-state index in [2.05, 4.69) is 6.92 Å². The molecule has 0 saturated carbocycles. The van der Waals surface area contributed by atoms with E-state index in [-0.39, 0.29) is 12.0 Å². The Morgan fingerprint density at radius 3 is 2.88 bits per heavy atom. The molecule has 0 aromatic rings. The quantitative estimate of drug-likeness (QED) is 0.756. The first-order valence-electron chi connectivity index (χ1n) is 6.34. The van der Waals surface area contributed by atoms with E-state index in [1.165, 1.54) is 0 Å². The van der Waals surface area contributed by atoms with E-state index in [1.54, 1.807) is 0 Å². The van der Waals surface area contributed by atoms with Gasteiger partial charge in [0.05, 0.1) is 0 Å². The molecule has 2 aliphatic heterocycles. The monoisotopic (exact) mass is 226 g/mol. The van der Waals surface area contributed by atoms with Crippen molar-refractivity contribution in [2.24, 2.45) is 11.7 Å². The summed E-state index contributed by atoms with van der Waals surface area (Å²) in [7, 11) is 0. The van der Waals surface area contributed by atoms with Gasteiger partial charge in [-0.15, -0.1) is 0 Å². The van der Waals surface area contributed by atoms with Gasteiger partial charge in [0.1, 0.15) is 6.10 Å². The highest BCUT2D eigenvalue weighted by Gasteiger charge is 2.34. The van der Waals surface area contributed by atoms with Crippen LogP contribution in [0.15, 0.2) is 0 Å². The molecule has 0 radical (unpaired) electrons. The summed E-state index contributed by atoms with van der Waals surface area (Å²) in [5.74, 6) is 0.657. The SMILES string of the molecule is CC1CCC(CN)CN1C(=O)[C@H]1CCCO1. The number of likely N-dealkylation sites (tertiary alicyclic amines) is 1. The lowest BCUT2D eigenvalue weighted by Gasteiger charge is -2.38. The third-order valence-corrected chi connectivity index (χ3v) is 3.80. The summed E-state index contributed by atoms with van der Waals surface area (Å²) < 4.78 is 5.46. The summed E-state index contributed by atoms with van der Waals surface area (Å²) in [5, 5.41) is 0. The van der Waals surface area contributed by atoms with Crippen molar-refractivity contribution in [1.29, 1.82) is 0 Å². The number of carbonyl (C=O) groups is 1. The van der Waals surface area contributed by atoms with Gasteiger partial charge in [-0.2, -0.15) is 0 Å². The molecule has 0 bridgehead atoms. The molecule has 2 rings (SSSR count). The minimum atomic E-state index is -0.182. The Kier molecular flexibility index (Phi) is 3.82. The van der Waals surface area contributed by atoms with Crippen LogP contribution in [-0.2, 0) is 9.53 Å². The van der Waals surface area contributed by atoms with E-state index >= 15 is 0 Å². The maximum Gasteiger partial charge on any atom is 0.251 e. The van der Waals surface area contributed by atoms with E-state index in [9.17, 15) is 4.79 Å². The standard InChI is InChI=1S/C12H22N2O2/c1-9-4-5-10(7-13)8-14(9)12(15)11-3-2-6-16-11/h9-11H,2-8,13H2,1H3/t9?,10?,11-/m1/s1. The average molecular weight is 226 g/mol. The van der Waals surface area contributed by atoms with E-state index in [1.807, 2.05) is 4.90 Å². The van der Waals surface area contributed by atoms with Gasteiger partial charge in [-0.25, -0.2) is 0 Å². The zero-order chi connectivity index (χ0) is 11.5. The van der Waals surface area contributed by atoms with Crippen LogP contribution in [0.2, 0.25) is 0 Å². The zero-order valence-corrected chi connectivity index (χ0v) is 10.0. The second kappa shape index (κ2) is 5.15. The van der Waals surface area contributed by atoms with Crippen molar-refractivity contribution < 1.29 is 9.53 Å². The molecular formula is C12H22N2O2. The molecular weight excluding hydrogens is 204 g/mol. The first kappa shape index (κ1) is 11.9. The van der Waals surface area contributed by atoms with Gasteiger partial charge >= 0.3 is 0 Å². The number of hydrogen-bond acceptors (Lipinski definition) is 3. The highest BCUT2D eigenvalue weighted by Crippen LogP contribution is 2.24. The number of piperidine rings is 1. The molecule has 0 spiro atoms. The Morgan fingerprint density at radius 2 is 2.25 bits per heavy atom. The number of rotatable bonds is 2. The largest absolute Gasteiger partial charge is 0.368 e. The van der Waals surface area contributed by atoms with Crippen molar-refractivity contribution in [2.75, 3.05) is 19.7 Å². The lowest BCUT2D eigenvalue weighted by molar-refractivity contribution is -0.145. The van der Waals surface area contributed by atoms with Gasteiger partial charge in [0, 0.05) is 19.2 Å². The number of carbonyl (C=O) groups excluding carboxylic acids is 1. The number of ether oxygens (including phenoxy) is 1. The molecule has 2 aliphatic rings. The van der Waals surface area contributed by atoms with Crippen molar-refractivity contribution in [2.45, 2.75) is 44.8 Å². The van der Waals surface area contributed by atoms with Gasteiger partial charge in [0.15, 0.2) is 0 Å². The second-order valence-corrected chi connectivity index (χ2v) is 5.02. The molecule has 3 atom stereocenters. The fourth-order valence-corrected chi connectivity index (χ4v) is 2.64. The second-order valence-electron chi connectivity index (χ2n) is 5.02. The van der Waals surface area contributed by atoms with Crippen molar-refractivity contribution >= 4 is 5.91 Å². The Hall–Kier alpha value is -0.610. The molecule has 2 fully saturated rings. The summed E-state index contributed by atoms with van der Waals surface area (Å²) in [4.78, 5) is 14.2. The number of amides is 1. The maximum absolute atomic E-state index is 12.2. The molecule has 1 amide bonds. The molecule has 16 heavy (non-hydrogen) atoms. The van der Waals surface area contributed by atoms with Gasteiger partial charge in [-0.3, -0.25) is 4.79 Å². The van der Waals surface area contributed by atoms with Gasteiger partial charge in [0.25, 0.3) is 5.91 Å². The normalized spacial score (nSPS) is 35.4. The fourth-order valence-electron chi connectivity index (χ4n) is 2.64. The predicted octanol–water partition coefficient (Wildman–Crippen LogP) is 0.751. The van der Waals surface area contributed by atoms with Crippen molar-refractivity contribution in [3.05, 3.63) is 0 Å². The lowest BCUT2D eigenvalue weighted by atomic mass is 9.93. The number of hydrogen-bond donors (Lipinski definition) is 1. The Balaban J connectivity index is 1.97. The third kappa shape index (κ3) is 2.38. The average Bonchev–Trinajstić information content (AvgIpc) is 2.82. The summed E-state index contributed by atoms with van der Waals surface area (Å²) in [6.07, 6.45) is 3.93. The molecule has 0 aromatic heterocycles. The number of nitrogens with two attached hydrogens (primary N) is 1. The molecule has 2 saturated heterocycles. The molecule has 2 heterocycles. The van der Waals surface area contributed by atoms with Crippen LogP contribution in [0.1, 0.15) is 32.6 Å². The highest BCUT2D eigenvalue weighted by molar-refractivity contribution is 5.81. The van der Waals surface area contributed by atoms with E-state index < -0.39 is 0 Å². The first-order valence-corrected chi connectivity index (χ1v) is 6.34. The summed E-state index contributed by atoms with van der Waals surface area (Å²) in [6, 6.07) is 0.347. The van der Waals surface area contributed by atoms with Crippen LogP contribution >= 0.6 is 0 Å². The minimum absolute atomic E-state index is 0.182. The molecule has 4 nitrogen and oxygen atoms in total. The Bertz CT molecular complexity index is 251. The van der Waals surface area contributed by atoms with Crippen LogP contribution in [-0.4, -0.2) is 42.6 Å². The predicted molar refractivity (Wildman–Crippen MR) is 61.9 cm³/mol. The number of nitrogens with zero attached hydrogens (tertiary/aromatic N) is 1. The maximum atomic E-state index is 12.2. The van der Waals surface area contributed by atoms with Gasteiger partial charge in [-0.1, -0.05) is 0 Å². The van der Waals surface area contributed by atoms with Crippen LogP contribution in [0.25, 0.3) is 0 Å². The minimum Gasteiger partial charge on any atom is -0.368 e. The third-order valence-electron chi connectivity index (χ3n) is 3.80. The molecule has 2 unspecified atom stereocenters. The van der Waals surface area contributed by atoms with Crippen molar-refractivity contribution in [3.8, 4) is 0 Å². The topological polar surface area (TPSA) is 55.6 Å².